The van der Waals surface area contributed by atoms with Crippen LogP contribution in [-0.4, -0.2) is 6.84 Å². The SMILES string of the molecule is CCC(C)(C)I(c1ccccc1)C(C)(C)CC. The monoisotopic (exact) mass is 346 g/mol. The van der Waals surface area contributed by atoms with Gasteiger partial charge in [0.1, 0.15) is 0 Å². The summed E-state index contributed by atoms with van der Waals surface area (Å²) in [7, 11) is 0. The van der Waals surface area contributed by atoms with Gasteiger partial charge in [-0.3, -0.25) is 0 Å². The van der Waals surface area contributed by atoms with E-state index in [1.165, 1.54) is 12.8 Å². The van der Waals surface area contributed by atoms with E-state index in [4.69, 9.17) is 0 Å². The summed E-state index contributed by atoms with van der Waals surface area (Å²) in [6.45, 7) is 14.6. The molecule has 17 heavy (non-hydrogen) atoms. The van der Waals surface area contributed by atoms with Gasteiger partial charge in [-0.15, -0.1) is 0 Å². The van der Waals surface area contributed by atoms with E-state index >= 15 is 0 Å². The fourth-order valence-corrected chi connectivity index (χ4v) is 12.1. The third-order valence-corrected chi connectivity index (χ3v) is 13.0. The molecule has 98 valence electrons. The molecular weight excluding hydrogens is 319 g/mol. The van der Waals surface area contributed by atoms with E-state index in [9.17, 15) is 0 Å². The summed E-state index contributed by atoms with van der Waals surface area (Å²) in [5.74, 6) is 0. The summed E-state index contributed by atoms with van der Waals surface area (Å²) in [6.07, 6.45) is 2.58. The Balaban J connectivity index is 3.22. The Labute approximate surface area is 115 Å². The standard InChI is InChI=1S/C16H27I/c1-7-15(3,4)17(16(5,6)8-2)14-12-10-9-11-13-14/h9-13H,7-8H2,1-6H3. The Kier molecular flexibility index (Phi) is 5.06. The molecule has 1 aromatic rings. The van der Waals surface area contributed by atoms with E-state index in [0.717, 1.165) is 0 Å². The Morgan fingerprint density at radius 2 is 1.24 bits per heavy atom. The molecule has 0 heterocycles. The molecule has 1 aromatic carbocycles. The van der Waals surface area contributed by atoms with Gasteiger partial charge in [0.25, 0.3) is 0 Å². The van der Waals surface area contributed by atoms with E-state index in [1.54, 1.807) is 3.57 Å². The molecule has 0 aromatic heterocycles. The molecule has 0 bridgehead atoms. The van der Waals surface area contributed by atoms with Gasteiger partial charge in [-0.05, 0) is 0 Å². The van der Waals surface area contributed by atoms with Crippen molar-refractivity contribution in [1.29, 1.82) is 0 Å². The summed E-state index contributed by atoms with van der Waals surface area (Å²) in [5, 5.41) is 0. The van der Waals surface area contributed by atoms with Crippen molar-refractivity contribution in [2.45, 2.75) is 61.2 Å². The number of hydrogen-bond acceptors (Lipinski definition) is 0. The summed E-state index contributed by atoms with van der Waals surface area (Å²) in [6, 6.07) is 11.3. The van der Waals surface area contributed by atoms with Crippen LogP contribution in [0.15, 0.2) is 30.3 Å². The van der Waals surface area contributed by atoms with Crippen molar-refractivity contribution in [3.05, 3.63) is 33.9 Å². The van der Waals surface area contributed by atoms with Crippen LogP contribution in [0.5, 0.6) is 0 Å². The van der Waals surface area contributed by atoms with Crippen molar-refractivity contribution in [3.63, 3.8) is 0 Å². The summed E-state index contributed by atoms with van der Waals surface area (Å²) in [5.41, 5.74) is 0. The third-order valence-electron chi connectivity index (χ3n) is 3.66. The van der Waals surface area contributed by atoms with Crippen LogP contribution in [0.25, 0.3) is 0 Å². The molecular formula is C16H27I. The topological polar surface area (TPSA) is 0 Å². The van der Waals surface area contributed by atoms with Gasteiger partial charge in [0.05, 0.1) is 0 Å². The van der Waals surface area contributed by atoms with Crippen LogP contribution in [0.1, 0.15) is 54.4 Å². The van der Waals surface area contributed by atoms with Crippen LogP contribution >= 0.6 is 19.8 Å². The predicted octanol–water partition coefficient (Wildman–Crippen LogP) is 5.74. The van der Waals surface area contributed by atoms with Crippen LogP contribution in [-0.2, 0) is 0 Å². The molecule has 0 amide bonds. The summed E-state index contributed by atoms with van der Waals surface area (Å²) >= 11 is -1.22. The number of halogens is 1. The zero-order valence-electron chi connectivity index (χ0n) is 12.2. The van der Waals surface area contributed by atoms with Crippen molar-refractivity contribution in [3.8, 4) is 0 Å². The molecule has 0 saturated carbocycles. The molecule has 0 atom stereocenters. The van der Waals surface area contributed by atoms with Crippen LogP contribution in [0.3, 0.4) is 0 Å². The third kappa shape index (κ3) is 3.46. The first-order chi connectivity index (χ1) is 7.85. The maximum atomic E-state index is 2.47. The van der Waals surface area contributed by atoms with Crippen molar-refractivity contribution in [2.75, 3.05) is 0 Å². The van der Waals surface area contributed by atoms with Crippen molar-refractivity contribution < 1.29 is 0 Å². The second kappa shape index (κ2) is 5.73. The number of rotatable bonds is 5. The second-order valence-corrected chi connectivity index (χ2v) is 14.4. The van der Waals surface area contributed by atoms with Gasteiger partial charge in [-0.2, -0.15) is 0 Å². The Hall–Kier alpha value is -0.0500. The van der Waals surface area contributed by atoms with E-state index in [-0.39, 0.29) is 0 Å². The Morgan fingerprint density at radius 3 is 1.59 bits per heavy atom. The second-order valence-electron chi connectivity index (χ2n) is 5.72. The van der Waals surface area contributed by atoms with Gasteiger partial charge in [0, 0.05) is 0 Å². The van der Waals surface area contributed by atoms with Gasteiger partial charge in [0.2, 0.25) is 0 Å². The normalized spacial score (nSPS) is 13.6. The molecule has 0 unspecified atom stereocenters. The number of hydrogen-bond donors (Lipinski definition) is 0. The van der Waals surface area contributed by atoms with Gasteiger partial charge in [-0.25, -0.2) is 0 Å². The zero-order chi connectivity index (χ0) is 13.1. The summed E-state index contributed by atoms with van der Waals surface area (Å²) in [4.78, 5) is 0. The molecule has 0 fully saturated rings. The van der Waals surface area contributed by atoms with Crippen LogP contribution in [0.4, 0.5) is 0 Å². The summed E-state index contributed by atoms with van der Waals surface area (Å²) < 4.78 is 2.66. The molecule has 0 aliphatic rings. The van der Waals surface area contributed by atoms with E-state index in [1.807, 2.05) is 0 Å². The molecule has 0 N–H and O–H groups in total. The van der Waals surface area contributed by atoms with Crippen LogP contribution in [0, 0.1) is 3.57 Å². The first-order valence-electron chi connectivity index (χ1n) is 6.60. The van der Waals surface area contributed by atoms with Crippen molar-refractivity contribution >= 4 is 19.8 Å². The average Bonchev–Trinajstić information content (AvgIpc) is 2.30. The van der Waals surface area contributed by atoms with Crippen LogP contribution < -0.4 is 0 Å². The van der Waals surface area contributed by atoms with Gasteiger partial charge < -0.3 is 0 Å². The molecule has 0 saturated heterocycles. The molecule has 0 aliphatic carbocycles. The first kappa shape index (κ1) is 15.0. The minimum absolute atomic E-state index is 0.505. The first-order valence-corrected chi connectivity index (χ1v) is 9.84. The molecule has 1 rings (SSSR count). The van der Waals surface area contributed by atoms with Crippen molar-refractivity contribution in [1.82, 2.24) is 0 Å². The number of alkyl halides is 2. The maximum absolute atomic E-state index is 2.47. The molecule has 0 radical (unpaired) electrons. The fourth-order valence-electron chi connectivity index (χ4n) is 2.09. The van der Waals surface area contributed by atoms with Gasteiger partial charge >= 0.3 is 115 Å². The average molecular weight is 346 g/mol. The fraction of sp³-hybridized carbons (Fsp3) is 0.625. The van der Waals surface area contributed by atoms with E-state index in [2.05, 4.69) is 71.9 Å². The minimum atomic E-state index is -1.22. The molecule has 1 heteroatoms. The van der Waals surface area contributed by atoms with Gasteiger partial charge in [0.15, 0.2) is 0 Å². The molecule has 0 nitrogen and oxygen atoms in total. The molecule has 0 aliphatic heterocycles. The zero-order valence-corrected chi connectivity index (χ0v) is 14.3. The molecule has 0 spiro atoms. The van der Waals surface area contributed by atoms with E-state index in [0.29, 0.717) is 6.84 Å². The predicted molar refractivity (Wildman–Crippen MR) is 87.9 cm³/mol. The quantitative estimate of drug-likeness (QED) is 0.471. The van der Waals surface area contributed by atoms with Crippen LogP contribution in [0.2, 0.25) is 0 Å². The number of benzene rings is 1. The van der Waals surface area contributed by atoms with E-state index < -0.39 is 19.8 Å². The Morgan fingerprint density at radius 1 is 0.824 bits per heavy atom. The Bertz CT molecular complexity index is 322. The van der Waals surface area contributed by atoms with Gasteiger partial charge in [-0.1, -0.05) is 0 Å². The van der Waals surface area contributed by atoms with Crippen molar-refractivity contribution in [2.24, 2.45) is 0 Å².